The van der Waals surface area contributed by atoms with Gasteiger partial charge in [-0.05, 0) is 32.6 Å². The number of esters is 1. The molecule has 9 heteroatoms. The number of Topliss-reactive ketones (excluding diaryl/α,β-unsaturated/α-hetero) is 1. The Balaban J connectivity index is 2.85. The minimum Gasteiger partial charge on any atom is -0.461 e. The molecule has 1 N–H and O–H groups in total. The first-order valence-corrected chi connectivity index (χ1v) is 9.21. The van der Waals surface area contributed by atoms with Gasteiger partial charge in [-0.3, -0.25) is 15.0 Å². The van der Waals surface area contributed by atoms with Gasteiger partial charge in [0, 0.05) is 25.9 Å². The van der Waals surface area contributed by atoms with Crippen LogP contribution in [0.4, 0.5) is 0 Å². The van der Waals surface area contributed by atoms with Crippen LogP contribution >= 0.6 is 0 Å². The van der Waals surface area contributed by atoms with E-state index in [9.17, 15) is 19.7 Å². The van der Waals surface area contributed by atoms with Crippen LogP contribution in [-0.4, -0.2) is 53.7 Å². The predicted octanol–water partition coefficient (Wildman–Crippen LogP) is 1.74. The molecule has 1 rings (SSSR count). The van der Waals surface area contributed by atoms with Crippen LogP contribution in [0.1, 0.15) is 53.4 Å². The summed E-state index contributed by atoms with van der Waals surface area (Å²) in [6.07, 6.45) is 2.21. The zero-order valence-electron chi connectivity index (χ0n) is 16.1. The standard InChI is InChI=1S/C17H31N3O6/c1-5-18-19(10-12(2)25-14(4)22)11-16(13(3)21)15-8-6-7-9-17(15)26-20(23)24/h12,15-18H,5-11H2,1-4H3. The van der Waals surface area contributed by atoms with Crippen molar-refractivity contribution in [1.29, 1.82) is 0 Å². The molecule has 9 nitrogen and oxygen atoms in total. The van der Waals surface area contributed by atoms with E-state index in [2.05, 4.69) is 5.43 Å². The smallest absolute Gasteiger partial charge is 0.302 e. The van der Waals surface area contributed by atoms with Gasteiger partial charge in [0.25, 0.3) is 5.09 Å². The van der Waals surface area contributed by atoms with Gasteiger partial charge in [-0.2, -0.15) is 0 Å². The Labute approximate surface area is 154 Å². The highest BCUT2D eigenvalue weighted by Gasteiger charge is 2.37. The number of nitrogens with zero attached hydrogens (tertiary/aromatic N) is 2. The van der Waals surface area contributed by atoms with Gasteiger partial charge < -0.3 is 9.57 Å². The Hall–Kier alpha value is -1.74. The van der Waals surface area contributed by atoms with Crippen molar-refractivity contribution in [1.82, 2.24) is 10.4 Å². The zero-order chi connectivity index (χ0) is 19.7. The quantitative estimate of drug-likeness (QED) is 0.331. The van der Waals surface area contributed by atoms with Crippen molar-refractivity contribution in [2.75, 3.05) is 19.6 Å². The number of hydrogen-bond donors (Lipinski definition) is 1. The van der Waals surface area contributed by atoms with Crippen molar-refractivity contribution in [2.45, 2.75) is 65.6 Å². The van der Waals surface area contributed by atoms with Crippen molar-refractivity contribution in [3.8, 4) is 0 Å². The first-order valence-electron chi connectivity index (χ1n) is 9.21. The molecule has 26 heavy (non-hydrogen) atoms. The first kappa shape index (κ1) is 22.3. The number of carbonyl (C=O) groups is 2. The second kappa shape index (κ2) is 11.1. The van der Waals surface area contributed by atoms with Gasteiger partial charge in [0.2, 0.25) is 0 Å². The fourth-order valence-electron chi connectivity index (χ4n) is 3.69. The van der Waals surface area contributed by atoms with Crippen LogP contribution in [0.2, 0.25) is 0 Å². The summed E-state index contributed by atoms with van der Waals surface area (Å²) in [7, 11) is 0. The molecule has 1 aliphatic rings. The number of carbonyl (C=O) groups excluding carboxylic acids is 2. The Morgan fingerprint density at radius 3 is 2.46 bits per heavy atom. The molecule has 0 aromatic heterocycles. The molecule has 4 atom stereocenters. The predicted molar refractivity (Wildman–Crippen MR) is 94.5 cm³/mol. The maximum Gasteiger partial charge on any atom is 0.302 e. The molecular formula is C17H31N3O6. The maximum absolute atomic E-state index is 12.3. The van der Waals surface area contributed by atoms with Gasteiger partial charge in [-0.1, -0.05) is 19.8 Å². The van der Waals surface area contributed by atoms with Crippen LogP contribution in [0.5, 0.6) is 0 Å². The van der Waals surface area contributed by atoms with Crippen LogP contribution in [0, 0.1) is 22.0 Å². The molecule has 150 valence electrons. The molecule has 0 saturated heterocycles. The Morgan fingerprint density at radius 2 is 1.92 bits per heavy atom. The molecule has 1 aliphatic carbocycles. The maximum atomic E-state index is 12.3. The van der Waals surface area contributed by atoms with Crippen LogP contribution in [0.15, 0.2) is 0 Å². The lowest BCUT2D eigenvalue weighted by Crippen LogP contribution is -2.50. The molecule has 0 aromatic rings. The Morgan fingerprint density at radius 1 is 1.27 bits per heavy atom. The Bertz CT molecular complexity index is 487. The topological polar surface area (TPSA) is 111 Å². The summed E-state index contributed by atoms with van der Waals surface area (Å²) in [4.78, 5) is 39.1. The van der Waals surface area contributed by atoms with E-state index >= 15 is 0 Å². The largest absolute Gasteiger partial charge is 0.461 e. The summed E-state index contributed by atoms with van der Waals surface area (Å²) in [6.45, 7) is 8.05. The van der Waals surface area contributed by atoms with Gasteiger partial charge in [0.05, 0.1) is 6.54 Å². The van der Waals surface area contributed by atoms with E-state index in [0.717, 1.165) is 19.3 Å². The van der Waals surface area contributed by atoms with Gasteiger partial charge >= 0.3 is 5.97 Å². The average molecular weight is 373 g/mol. The molecule has 0 bridgehead atoms. The van der Waals surface area contributed by atoms with E-state index in [4.69, 9.17) is 9.57 Å². The molecule has 0 radical (unpaired) electrons. The summed E-state index contributed by atoms with van der Waals surface area (Å²) in [5, 5.41) is 11.9. The highest BCUT2D eigenvalue weighted by atomic mass is 17.0. The summed E-state index contributed by atoms with van der Waals surface area (Å²) < 4.78 is 5.17. The van der Waals surface area contributed by atoms with Crippen LogP contribution in [0.3, 0.4) is 0 Å². The van der Waals surface area contributed by atoms with Crippen LogP contribution in [-0.2, 0) is 19.2 Å². The molecule has 0 spiro atoms. The molecule has 0 heterocycles. The fourth-order valence-corrected chi connectivity index (χ4v) is 3.69. The number of ketones is 1. The molecular weight excluding hydrogens is 342 g/mol. The molecule has 0 amide bonds. The normalized spacial score (nSPS) is 22.5. The third kappa shape index (κ3) is 7.65. The number of ether oxygens (including phenoxy) is 1. The summed E-state index contributed by atoms with van der Waals surface area (Å²) in [5.41, 5.74) is 3.18. The minimum atomic E-state index is -0.759. The molecule has 4 unspecified atom stereocenters. The van der Waals surface area contributed by atoms with Crippen LogP contribution in [0.25, 0.3) is 0 Å². The molecule has 0 aliphatic heterocycles. The highest BCUT2D eigenvalue weighted by molar-refractivity contribution is 5.79. The van der Waals surface area contributed by atoms with E-state index in [1.165, 1.54) is 13.8 Å². The van der Waals surface area contributed by atoms with E-state index in [-0.39, 0.29) is 29.7 Å². The van der Waals surface area contributed by atoms with Gasteiger partial charge in [0.1, 0.15) is 18.0 Å². The van der Waals surface area contributed by atoms with Gasteiger partial charge in [-0.15, -0.1) is 10.1 Å². The third-order valence-electron chi connectivity index (χ3n) is 4.66. The van der Waals surface area contributed by atoms with E-state index in [1.54, 1.807) is 6.92 Å². The van der Waals surface area contributed by atoms with Crippen LogP contribution < -0.4 is 5.43 Å². The van der Waals surface area contributed by atoms with Crippen molar-refractivity contribution >= 4 is 11.8 Å². The average Bonchev–Trinajstić information content (AvgIpc) is 2.51. The minimum absolute atomic E-state index is 0.0168. The summed E-state index contributed by atoms with van der Waals surface area (Å²) >= 11 is 0. The summed E-state index contributed by atoms with van der Waals surface area (Å²) in [6, 6.07) is 0. The molecule has 0 aromatic carbocycles. The number of hydrazine groups is 1. The van der Waals surface area contributed by atoms with Crippen molar-refractivity contribution in [3.05, 3.63) is 10.1 Å². The lowest BCUT2D eigenvalue weighted by atomic mass is 9.76. The lowest BCUT2D eigenvalue weighted by Gasteiger charge is -2.37. The zero-order valence-corrected chi connectivity index (χ0v) is 16.1. The second-order valence-corrected chi connectivity index (χ2v) is 6.87. The molecule has 1 fully saturated rings. The summed E-state index contributed by atoms with van der Waals surface area (Å²) in [5.74, 6) is -0.957. The first-order chi connectivity index (χ1) is 12.2. The molecule has 1 saturated carbocycles. The van der Waals surface area contributed by atoms with E-state index in [1.807, 2.05) is 11.9 Å². The van der Waals surface area contributed by atoms with Crippen molar-refractivity contribution < 1.29 is 24.3 Å². The monoisotopic (exact) mass is 373 g/mol. The van der Waals surface area contributed by atoms with Gasteiger partial charge in [-0.25, -0.2) is 5.01 Å². The number of rotatable bonds is 11. The number of nitrogens with one attached hydrogen (secondary N) is 1. The lowest BCUT2D eigenvalue weighted by molar-refractivity contribution is -0.771. The third-order valence-corrected chi connectivity index (χ3v) is 4.66. The van der Waals surface area contributed by atoms with Gasteiger partial charge in [0.15, 0.2) is 0 Å². The Kier molecular flexibility index (Phi) is 9.50. The number of hydrogen-bond acceptors (Lipinski definition) is 8. The second-order valence-electron chi connectivity index (χ2n) is 6.87. The van der Waals surface area contributed by atoms with E-state index in [0.29, 0.717) is 26.1 Å². The van der Waals surface area contributed by atoms with Crippen molar-refractivity contribution in [3.63, 3.8) is 0 Å². The fraction of sp³-hybridized carbons (Fsp3) is 0.882. The highest BCUT2D eigenvalue weighted by Crippen LogP contribution is 2.33. The van der Waals surface area contributed by atoms with Crippen molar-refractivity contribution in [2.24, 2.45) is 11.8 Å². The SMILES string of the molecule is CCNN(CC(C)OC(C)=O)CC(C(C)=O)C1CCCCC1O[N+](=O)[O-]. The van der Waals surface area contributed by atoms with E-state index < -0.39 is 11.2 Å².